The Morgan fingerprint density at radius 2 is 1.92 bits per heavy atom. The van der Waals surface area contributed by atoms with Gasteiger partial charge in [0.25, 0.3) is 5.91 Å². The molecule has 0 spiro atoms. The molecule has 1 amide bonds. The average Bonchev–Trinajstić information content (AvgIpc) is 3.08. The van der Waals surface area contributed by atoms with Crippen molar-refractivity contribution >= 4 is 32.6 Å². The molecule has 0 aliphatic carbocycles. The molecule has 0 bridgehead atoms. The second kappa shape index (κ2) is 8.47. The summed E-state index contributed by atoms with van der Waals surface area (Å²) in [5, 5.41) is 2.82. The van der Waals surface area contributed by atoms with Gasteiger partial charge in [0, 0.05) is 15.9 Å². The molecule has 4 nitrogen and oxygen atoms in total. The van der Waals surface area contributed by atoms with Crippen LogP contribution in [0.15, 0.2) is 74.4 Å². The Balaban J connectivity index is 1.61. The zero-order valence-corrected chi connectivity index (χ0v) is 16.6. The Labute approximate surface area is 163 Å². The van der Waals surface area contributed by atoms with E-state index in [1.165, 1.54) is 0 Å². The van der Waals surface area contributed by atoms with E-state index < -0.39 is 10.8 Å². The SMILES string of the molecule is Cc1ccccc1S(=O)Cc1ccc(C(=O)NCc2cccc(Br)c2)o1. The van der Waals surface area contributed by atoms with Gasteiger partial charge in [-0.1, -0.05) is 46.3 Å². The molecular weight excluding hydrogens is 414 g/mol. The van der Waals surface area contributed by atoms with Gasteiger partial charge in [-0.25, -0.2) is 0 Å². The van der Waals surface area contributed by atoms with E-state index in [-0.39, 0.29) is 17.4 Å². The van der Waals surface area contributed by atoms with E-state index in [4.69, 9.17) is 4.42 Å². The van der Waals surface area contributed by atoms with E-state index in [0.29, 0.717) is 12.3 Å². The van der Waals surface area contributed by atoms with Crippen molar-refractivity contribution in [2.24, 2.45) is 0 Å². The van der Waals surface area contributed by atoms with Crippen LogP contribution in [-0.2, 0) is 23.1 Å². The van der Waals surface area contributed by atoms with Gasteiger partial charge in [-0.15, -0.1) is 0 Å². The zero-order valence-electron chi connectivity index (χ0n) is 14.2. The smallest absolute Gasteiger partial charge is 0.287 e. The lowest BCUT2D eigenvalue weighted by atomic mass is 10.2. The number of carbonyl (C=O) groups is 1. The number of amides is 1. The van der Waals surface area contributed by atoms with Crippen molar-refractivity contribution in [3.05, 3.63) is 87.8 Å². The quantitative estimate of drug-likeness (QED) is 0.620. The molecule has 1 unspecified atom stereocenters. The second-order valence-corrected chi connectivity index (χ2v) is 8.17. The highest BCUT2D eigenvalue weighted by molar-refractivity contribution is 9.10. The van der Waals surface area contributed by atoms with Crippen LogP contribution in [0.5, 0.6) is 0 Å². The van der Waals surface area contributed by atoms with Gasteiger partial charge in [0.1, 0.15) is 5.76 Å². The number of hydrogen-bond acceptors (Lipinski definition) is 3. The van der Waals surface area contributed by atoms with Crippen molar-refractivity contribution in [3.63, 3.8) is 0 Å². The summed E-state index contributed by atoms with van der Waals surface area (Å²) >= 11 is 3.40. The minimum Gasteiger partial charge on any atom is -0.455 e. The minimum absolute atomic E-state index is 0.219. The number of aryl methyl sites for hydroxylation is 1. The van der Waals surface area contributed by atoms with Gasteiger partial charge >= 0.3 is 0 Å². The highest BCUT2D eigenvalue weighted by atomic mass is 79.9. The molecule has 3 aromatic rings. The molecule has 0 saturated heterocycles. The van der Waals surface area contributed by atoms with Crippen molar-refractivity contribution in [2.45, 2.75) is 24.1 Å². The van der Waals surface area contributed by atoms with Crippen LogP contribution < -0.4 is 5.32 Å². The molecule has 0 aliphatic rings. The third-order valence-electron chi connectivity index (χ3n) is 3.84. The average molecular weight is 432 g/mol. The number of nitrogens with one attached hydrogen (secondary N) is 1. The Kier molecular flexibility index (Phi) is 6.06. The van der Waals surface area contributed by atoms with Gasteiger partial charge in [-0.3, -0.25) is 9.00 Å². The number of halogens is 1. The van der Waals surface area contributed by atoms with E-state index in [1.807, 2.05) is 55.5 Å². The number of furan rings is 1. The first kappa shape index (κ1) is 18.6. The second-order valence-electron chi connectivity index (χ2n) is 5.83. The van der Waals surface area contributed by atoms with Crippen LogP contribution in [0.4, 0.5) is 0 Å². The molecule has 3 rings (SSSR count). The van der Waals surface area contributed by atoms with Crippen molar-refractivity contribution in [3.8, 4) is 0 Å². The van der Waals surface area contributed by atoms with Crippen LogP contribution in [-0.4, -0.2) is 10.1 Å². The maximum atomic E-state index is 12.5. The summed E-state index contributed by atoms with van der Waals surface area (Å²) < 4.78 is 19.0. The standard InChI is InChI=1S/C20H18BrNO3S/c1-14-5-2-3-8-19(14)26(24)13-17-9-10-18(25-17)20(23)22-12-15-6-4-7-16(21)11-15/h2-11H,12-13H2,1H3,(H,22,23). The number of rotatable bonds is 6. The Morgan fingerprint density at radius 1 is 1.12 bits per heavy atom. The van der Waals surface area contributed by atoms with E-state index in [9.17, 15) is 9.00 Å². The van der Waals surface area contributed by atoms with Gasteiger partial charge in [0.05, 0.1) is 16.6 Å². The molecule has 1 heterocycles. The van der Waals surface area contributed by atoms with E-state index in [0.717, 1.165) is 20.5 Å². The molecular formula is C20H18BrNO3S. The summed E-state index contributed by atoms with van der Waals surface area (Å²) in [5.41, 5.74) is 1.96. The molecule has 1 N–H and O–H groups in total. The number of carbonyl (C=O) groups excluding carboxylic acids is 1. The lowest BCUT2D eigenvalue weighted by Gasteiger charge is -2.05. The fourth-order valence-corrected chi connectivity index (χ4v) is 4.19. The molecule has 0 aliphatic heterocycles. The Morgan fingerprint density at radius 3 is 2.69 bits per heavy atom. The maximum absolute atomic E-state index is 12.5. The predicted octanol–water partition coefficient (Wildman–Crippen LogP) is 4.59. The summed E-state index contributed by atoms with van der Waals surface area (Å²) in [6.07, 6.45) is 0. The van der Waals surface area contributed by atoms with Crippen molar-refractivity contribution < 1.29 is 13.4 Å². The monoisotopic (exact) mass is 431 g/mol. The topological polar surface area (TPSA) is 59.3 Å². The van der Waals surface area contributed by atoms with Crippen LogP contribution in [0.2, 0.25) is 0 Å². The van der Waals surface area contributed by atoms with Gasteiger partial charge < -0.3 is 9.73 Å². The van der Waals surface area contributed by atoms with Crippen LogP contribution in [0.1, 0.15) is 27.4 Å². The van der Waals surface area contributed by atoms with Crippen LogP contribution >= 0.6 is 15.9 Å². The highest BCUT2D eigenvalue weighted by Crippen LogP contribution is 2.18. The molecule has 0 fully saturated rings. The van der Waals surface area contributed by atoms with Crippen molar-refractivity contribution in [1.82, 2.24) is 5.32 Å². The molecule has 1 atom stereocenters. The van der Waals surface area contributed by atoms with E-state index in [2.05, 4.69) is 21.2 Å². The minimum atomic E-state index is -1.21. The van der Waals surface area contributed by atoms with E-state index in [1.54, 1.807) is 12.1 Å². The molecule has 1 aromatic heterocycles. The molecule has 6 heteroatoms. The third-order valence-corrected chi connectivity index (χ3v) is 5.83. The first-order valence-electron chi connectivity index (χ1n) is 8.08. The van der Waals surface area contributed by atoms with Crippen LogP contribution in [0.25, 0.3) is 0 Å². The van der Waals surface area contributed by atoms with Gasteiger partial charge in [0.15, 0.2) is 5.76 Å². The molecule has 2 aromatic carbocycles. The van der Waals surface area contributed by atoms with Crippen LogP contribution in [0.3, 0.4) is 0 Å². The van der Waals surface area contributed by atoms with Crippen molar-refractivity contribution in [1.29, 1.82) is 0 Å². The fourth-order valence-electron chi connectivity index (χ4n) is 2.51. The first-order valence-corrected chi connectivity index (χ1v) is 10.2. The third kappa shape index (κ3) is 4.71. The normalized spacial score (nSPS) is 11.9. The first-order chi connectivity index (χ1) is 12.5. The largest absolute Gasteiger partial charge is 0.455 e. The fraction of sp³-hybridized carbons (Fsp3) is 0.150. The predicted molar refractivity (Wildman–Crippen MR) is 105 cm³/mol. The molecule has 26 heavy (non-hydrogen) atoms. The molecule has 0 saturated carbocycles. The summed E-state index contributed by atoms with van der Waals surface area (Å²) in [6, 6.07) is 18.6. The van der Waals surface area contributed by atoms with Gasteiger partial charge in [-0.05, 0) is 48.4 Å². The molecule has 134 valence electrons. The Bertz CT molecular complexity index is 951. The summed E-state index contributed by atoms with van der Waals surface area (Å²) in [6.45, 7) is 2.33. The lowest BCUT2D eigenvalue weighted by Crippen LogP contribution is -2.22. The summed E-state index contributed by atoms with van der Waals surface area (Å²) in [4.78, 5) is 13.0. The van der Waals surface area contributed by atoms with Crippen molar-refractivity contribution in [2.75, 3.05) is 0 Å². The number of benzene rings is 2. The summed E-state index contributed by atoms with van der Waals surface area (Å²) in [7, 11) is -1.21. The Hall–Kier alpha value is -2.18. The van der Waals surface area contributed by atoms with Crippen LogP contribution in [0, 0.1) is 6.92 Å². The summed E-state index contributed by atoms with van der Waals surface area (Å²) in [5.74, 6) is 0.693. The number of hydrogen-bond donors (Lipinski definition) is 1. The zero-order chi connectivity index (χ0) is 18.5. The molecule has 0 radical (unpaired) electrons. The van der Waals surface area contributed by atoms with Gasteiger partial charge in [-0.2, -0.15) is 0 Å². The van der Waals surface area contributed by atoms with Gasteiger partial charge in [0.2, 0.25) is 0 Å². The van der Waals surface area contributed by atoms with E-state index >= 15 is 0 Å². The highest BCUT2D eigenvalue weighted by Gasteiger charge is 2.14. The maximum Gasteiger partial charge on any atom is 0.287 e. The lowest BCUT2D eigenvalue weighted by molar-refractivity contribution is 0.0921.